The summed E-state index contributed by atoms with van der Waals surface area (Å²) in [5.41, 5.74) is 0.674. The van der Waals surface area contributed by atoms with Crippen LogP contribution in [0, 0.1) is 6.92 Å². The molecule has 0 N–H and O–H groups in total. The van der Waals surface area contributed by atoms with Crippen molar-refractivity contribution in [3.05, 3.63) is 63.9 Å². The van der Waals surface area contributed by atoms with E-state index >= 15 is 0 Å². The zero-order valence-corrected chi connectivity index (χ0v) is 21.8. The molecule has 0 spiro atoms. The molecule has 1 aliphatic rings. The highest BCUT2D eigenvalue weighted by molar-refractivity contribution is 7.84. The van der Waals surface area contributed by atoms with E-state index in [1.165, 1.54) is 22.9 Å². The number of hydrogen-bond acceptors (Lipinski definition) is 8. The van der Waals surface area contributed by atoms with Gasteiger partial charge in [0, 0.05) is 30.1 Å². The maximum atomic E-state index is 13.0. The second-order valence-corrected chi connectivity index (χ2v) is 11.1. The number of nitrogens with zero attached hydrogens (tertiary/aromatic N) is 8. The average molecular weight is 565 g/mol. The number of amides is 1. The molecule has 200 valence electrons. The summed E-state index contributed by atoms with van der Waals surface area (Å²) in [6.45, 7) is 2.21. The third-order valence-corrected chi connectivity index (χ3v) is 8.52. The van der Waals surface area contributed by atoms with Gasteiger partial charge in [-0.3, -0.25) is 13.7 Å². The van der Waals surface area contributed by atoms with Gasteiger partial charge < -0.3 is 4.90 Å². The number of likely N-dealkylation sites (tertiary alicyclic amines) is 1. The number of thiazole rings is 1. The highest BCUT2D eigenvalue weighted by Gasteiger charge is 2.35. The Kier molecular flexibility index (Phi) is 7.38. The summed E-state index contributed by atoms with van der Waals surface area (Å²) in [7, 11) is -1.50. The predicted molar refractivity (Wildman–Crippen MR) is 132 cm³/mol. The van der Waals surface area contributed by atoms with Crippen molar-refractivity contribution < 1.29 is 22.2 Å². The minimum Gasteiger partial charge on any atom is -0.341 e. The topological polar surface area (TPSA) is 112 Å². The molecule has 3 aromatic heterocycles. The summed E-state index contributed by atoms with van der Waals surface area (Å²) < 4.78 is 54.3. The smallest absolute Gasteiger partial charge is 0.341 e. The standard InChI is InChI=1S/C23H23F3N8O2S2/c1-15-11-19(23(24,25)26)29-33(15)12-20(35)32-9-7-16(8-10-32)21-27-17(13-37-21)14-38(36)22-28-30-31-34(22)18-5-3-2-4-6-18/h2-6,11,13,16H,7-10,12,14H2,1H3. The molecular weight excluding hydrogens is 541 g/mol. The molecular formula is C23H23F3N8O2S2. The molecule has 1 amide bonds. The minimum atomic E-state index is -4.55. The van der Waals surface area contributed by atoms with Crippen molar-refractivity contribution in [2.75, 3.05) is 13.1 Å². The molecule has 1 fully saturated rings. The largest absolute Gasteiger partial charge is 0.435 e. The first-order valence-corrected chi connectivity index (χ1v) is 13.9. The van der Waals surface area contributed by atoms with Crippen molar-refractivity contribution in [2.45, 2.75) is 49.3 Å². The number of piperidine rings is 1. The first kappa shape index (κ1) is 26.2. The maximum Gasteiger partial charge on any atom is 0.435 e. The Labute approximate surface area is 221 Å². The average Bonchev–Trinajstić information content (AvgIpc) is 3.65. The van der Waals surface area contributed by atoms with Crippen LogP contribution in [0.3, 0.4) is 0 Å². The maximum absolute atomic E-state index is 13.0. The van der Waals surface area contributed by atoms with Gasteiger partial charge in [-0.15, -0.1) is 11.3 Å². The molecule has 1 atom stereocenters. The van der Waals surface area contributed by atoms with Crippen molar-refractivity contribution in [3.63, 3.8) is 0 Å². The number of alkyl halides is 3. The van der Waals surface area contributed by atoms with Gasteiger partial charge in [0.1, 0.15) is 6.54 Å². The monoisotopic (exact) mass is 564 g/mol. The van der Waals surface area contributed by atoms with Crippen LogP contribution in [0.4, 0.5) is 13.2 Å². The van der Waals surface area contributed by atoms with E-state index in [2.05, 4.69) is 25.6 Å². The SMILES string of the molecule is Cc1cc(C(F)(F)F)nn1CC(=O)N1CCC(c2nc(CS(=O)c3nnnn3-c3ccccc3)cs2)CC1. The zero-order valence-electron chi connectivity index (χ0n) is 20.2. The molecule has 1 aromatic carbocycles. The van der Waals surface area contributed by atoms with Crippen molar-refractivity contribution in [1.29, 1.82) is 0 Å². The lowest BCUT2D eigenvalue weighted by molar-refractivity contribution is -0.142. The number of hydrogen-bond donors (Lipinski definition) is 0. The predicted octanol–water partition coefficient (Wildman–Crippen LogP) is 3.36. The van der Waals surface area contributed by atoms with Crippen molar-refractivity contribution in [2.24, 2.45) is 0 Å². The van der Waals surface area contributed by atoms with E-state index in [1.54, 1.807) is 4.90 Å². The van der Waals surface area contributed by atoms with Crippen molar-refractivity contribution in [3.8, 4) is 5.69 Å². The first-order valence-electron chi connectivity index (χ1n) is 11.7. The van der Waals surface area contributed by atoms with Gasteiger partial charge in [-0.25, -0.2) is 4.98 Å². The zero-order chi connectivity index (χ0) is 26.9. The Hall–Kier alpha value is -3.46. The second-order valence-electron chi connectivity index (χ2n) is 8.86. The van der Waals surface area contributed by atoms with Crippen LogP contribution in [-0.2, 0) is 34.1 Å². The van der Waals surface area contributed by atoms with Crippen molar-refractivity contribution in [1.82, 2.24) is 39.9 Å². The van der Waals surface area contributed by atoms with E-state index in [0.717, 1.165) is 15.8 Å². The lowest BCUT2D eigenvalue weighted by atomic mass is 9.97. The Morgan fingerprint density at radius 2 is 1.92 bits per heavy atom. The van der Waals surface area contributed by atoms with E-state index < -0.39 is 22.7 Å². The van der Waals surface area contributed by atoms with Crippen LogP contribution in [-0.4, -0.2) is 63.1 Å². The Bertz CT molecular complexity index is 1440. The normalized spacial score (nSPS) is 15.6. The number of aromatic nitrogens is 7. The van der Waals surface area contributed by atoms with Crippen LogP contribution in [0.5, 0.6) is 0 Å². The van der Waals surface area contributed by atoms with Crippen LogP contribution in [0.2, 0.25) is 0 Å². The number of para-hydroxylation sites is 1. The van der Waals surface area contributed by atoms with Gasteiger partial charge in [0.2, 0.25) is 11.1 Å². The fourth-order valence-corrected chi connectivity index (χ4v) is 6.34. The van der Waals surface area contributed by atoms with E-state index in [-0.39, 0.29) is 35.0 Å². The van der Waals surface area contributed by atoms with Gasteiger partial charge in [0.25, 0.3) is 0 Å². The third-order valence-electron chi connectivity index (χ3n) is 6.25. The highest BCUT2D eigenvalue weighted by atomic mass is 32.2. The summed E-state index contributed by atoms with van der Waals surface area (Å²) >= 11 is 1.49. The second kappa shape index (κ2) is 10.7. The molecule has 4 heterocycles. The van der Waals surface area contributed by atoms with Crippen molar-refractivity contribution >= 4 is 28.0 Å². The summed E-state index contributed by atoms with van der Waals surface area (Å²) in [6.07, 6.45) is -3.19. The number of benzene rings is 1. The Morgan fingerprint density at radius 1 is 1.18 bits per heavy atom. The summed E-state index contributed by atoms with van der Waals surface area (Å²) in [4.78, 5) is 19.0. The molecule has 0 saturated carbocycles. The third kappa shape index (κ3) is 5.67. The highest BCUT2D eigenvalue weighted by Crippen LogP contribution is 2.31. The lowest BCUT2D eigenvalue weighted by Gasteiger charge is -2.31. The van der Waals surface area contributed by atoms with E-state index in [1.807, 2.05) is 35.7 Å². The van der Waals surface area contributed by atoms with Crippen LogP contribution in [0.25, 0.3) is 5.69 Å². The van der Waals surface area contributed by atoms with Gasteiger partial charge in [-0.1, -0.05) is 23.3 Å². The van der Waals surface area contributed by atoms with Gasteiger partial charge in [-0.2, -0.15) is 23.0 Å². The van der Waals surface area contributed by atoms with Crippen LogP contribution < -0.4 is 0 Å². The molecule has 15 heteroatoms. The number of halogens is 3. The van der Waals surface area contributed by atoms with Gasteiger partial charge in [-0.05, 0) is 48.4 Å². The molecule has 1 saturated heterocycles. The molecule has 5 rings (SSSR count). The molecule has 38 heavy (non-hydrogen) atoms. The van der Waals surface area contributed by atoms with Gasteiger partial charge in [0.05, 0.1) is 32.9 Å². The number of rotatable bonds is 7. The molecule has 4 aromatic rings. The fourth-order valence-electron chi connectivity index (χ4n) is 4.24. The number of tetrazole rings is 1. The van der Waals surface area contributed by atoms with E-state index in [4.69, 9.17) is 0 Å². The van der Waals surface area contributed by atoms with Gasteiger partial charge >= 0.3 is 6.18 Å². The molecule has 10 nitrogen and oxygen atoms in total. The minimum absolute atomic E-state index is 0.143. The van der Waals surface area contributed by atoms with Crippen LogP contribution in [0.15, 0.2) is 46.9 Å². The molecule has 1 unspecified atom stereocenters. The summed E-state index contributed by atoms with van der Waals surface area (Å²) in [5, 5.41) is 18.1. The number of aryl methyl sites for hydroxylation is 1. The fraction of sp³-hybridized carbons (Fsp3) is 0.391. The lowest BCUT2D eigenvalue weighted by Crippen LogP contribution is -2.40. The quantitative estimate of drug-likeness (QED) is 0.338. The summed E-state index contributed by atoms with van der Waals surface area (Å²) in [6, 6.07) is 10.1. The van der Waals surface area contributed by atoms with Gasteiger partial charge in [0.15, 0.2) is 5.69 Å². The van der Waals surface area contributed by atoms with Crippen LogP contribution in [0.1, 0.15) is 40.8 Å². The first-order chi connectivity index (χ1) is 18.2. The number of carbonyl (C=O) groups excluding carboxylic acids is 1. The Balaban J connectivity index is 1.16. The van der Waals surface area contributed by atoms with E-state index in [0.29, 0.717) is 37.3 Å². The molecule has 0 radical (unpaired) electrons. The summed E-state index contributed by atoms with van der Waals surface area (Å²) in [5.74, 6) is 0.0448. The van der Waals surface area contributed by atoms with E-state index in [9.17, 15) is 22.2 Å². The molecule has 0 bridgehead atoms. The van der Waals surface area contributed by atoms with Crippen LogP contribution >= 0.6 is 11.3 Å². The molecule has 0 aliphatic carbocycles. The molecule has 1 aliphatic heterocycles. The number of carbonyl (C=O) groups is 1. The Morgan fingerprint density at radius 3 is 2.61 bits per heavy atom.